The van der Waals surface area contributed by atoms with Gasteiger partial charge in [0.1, 0.15) is 0 Å². The lowest BCUT2D eigenvalue weighted by Gasteiger charge is -2.10. The Balaban J connectivity index is 1.35. The number of carbonyl (C=O) groups excluding carboxylic acids is 1. The van der Waals surface area contributed by atoms with Gasteiger partial charge < -0.3 is 15.2 Å². The molecule has 0 radical (unpaired) electrons. The molecule has 4 rings (SSSR count). The molecule has 0 saturated carbocycles. The van der Waals surface area contributed by atoms with E-state index in [9.17, 15) is 9.59 Å². The number of hydrogen-bond donors (Lipinski definition) is 2. The fourth-order valence-corrected chi connectivity index (χ4v) is 5.50. The third-order valence-electron chi connectivity index (χ3n) is 7.93. The molecule has 4 aromatic rings. The first kappa shape index (κ1) is 32.8. The van der Waals surface area contributed by atoms with Crippen LogP contribution in [-0.4, -0.2) is 15.7 Å². The Morgan fingerprint density at radius 1 is 0.773 bits per heavy atom. The number of para-hydroxylation sites is 1. The average Bonchev–Trinajstić information content (AvgIpc) is 3.36. The Morgan fingerprint density at radius 3 is 2.07 bits per heavy atom. The van der Waals surface area contributed by atoms with Crippen LogP contribution in [0.25, 0.3) is 11.4 Å². The summed E-state index contributed by atoms with van der Waals surface area (Å²) in [7, 11) is 0. The maximum absolute atomic E-state index is 13.6. The number of hydrogen-bond acceptors (Lipinski definition) is 4. The van der Waals surface area contributed by atoms with Gasteiger partial charge in [-0.2, -0.15) is 5.10 Å². The number of pyridine rings is 1. The zero-order valence-electron chi connectivity index (χ0n) is 26.6. The predicted octanol–water partition coefficient (Wildman–Crippen LogP) is 8.56. The summed E-state index contributed by atoms with van der Waals surface area (Å²) in [5.74, 6) is 0.466. The van der Waals surface area contributed by atoms with Crippen LogP contribution >= 0.6 is 0 Å². The zero-order chi connectivity index (χ0) is 31.0. The first-order valence-corrected chi connectivity index (χ1v) is 16.6. The van der Waals surface area contributed by atoms with Gasteiger partial charge in [-0.15, -0.1) is 0 Å². The number of rotatable bonds is 19. The number of amides is 1. The lowest BCUT2D eigenvalue weighted by molar-refractivity contribution is -0.595. The van der Waals surface area contributed by atoms with Crippen LogP contribution in [-0.2, 0) is 11.2 Å². The minimum atomic E-state index is -0.219. The number of aryl methyl sites for hydroxylation is 1. The number of aromatic nitrogens is 3. The number of nitrogens with zero attached hydrogens (tertiary/aromatic N) is 3. The van der Waals surface area contributed by atoms with E-state index in [1.165, 1.54) is 68.0 Å². The molecule has 0 atom stereocenters. The molecule has 2 N–H and O–H groups in total. The van der Waals surface area contributed by atoms with Gasteiger partial charge in [0, 0.05) is 17.8 Å². The lowest BCUT2D eigenvalue weighted by atomic mass is 10.1. The molecule has 0 fully saturated rings. The molecule has 0 spiro atoms. The second kappa shape index (κ2) is 17.9. The standard InChI is InChI=1S/C37H49N5O2/c1-3-5-6-7-8-9-10-11-12-13-17-24-34(43)38-31-20-18-21-32(29-31)39-36-35(41-27-25-30(19-4-2)26-28-41)37(44)42(40-36)33-22-15-14-16-23-33/h14-16,18,20-23,25-29H,3-13,17,19,24H2,1-2H3,(H,38,43)(H,39,40). The van der Waals surface area contributed by atoms with E-state index >= 15 is 0 Å². The molecule has 0 aliphatic rings. The Morgan fingerprint density at radius 2 is 1.41 bits per heavy atom. The van der Waals surface area contributed by atoms with Crippen molar-refractivity contribution in [1.29, 1.82) is 0 Å². The van der Waals surface area contributed by atoms with Gasteiger partial charge in [-0.25, -0.2) is 4.68 Å². The number of unbranched alkanes of at least 4 members (excludes halogenated alkanes) is 10. The van der Waals surface area contributed by atoms with Crippen molar-refractivity contribution in [3.63, 3.8) is 0 Å². The van der Waals surface area contributed by atoms with E-state index in [1.807, 2.05) is 83.7 Å². The molecule has 1 amide bonds. The van der Waals surface area contributed by atoms with E-state index in [0.29, 0.717) is 29.3 Å². The van der Waals surface area contributed by atoms with Crippen LogP contribution in [0.1, 0.15) is 103 Å². The van der Waals surface area contributed by atoms with E-state index in [-0.39, 0.29) is 11.5 Å². The highest BCUT2D eigenvalue weighted by atomic mass is 16.1. The average molecular weight is 596 g/mol. The Bertz CT molecular complexity index is 1470. The van der Waals surface area contributed by atoms with Crippen LogP contribution in [0.2, 0.25) is 0 Å². The largest absolute Gasteiger partial charge is 0.344 e. The number of nitrogens with one attached hydrogen (secondary N) is 2. The maximum atomic E-state index is 13.6. The van der Waals surface area contributed by atoms with Crippen LogP contribution in [0.3, 0.4) is 0 Å². The molecule has 2 aromatic heterocycles. The van der Waals surface area contributed by atoms with Crippen molar-refractivity contribution in [2.24, 2.45) is 0 Å². The van der Waals surface area contributed by atoms with Gasteiger partial charge >= 0.3 is 0 Å². The van der Waals surface area contributed by atoms with Crippen LogP contribution < -0.4 is 20.8 Å². The zero-order valence-corrected chi connectivity index (χ0v) is 26.6. The fourth-order valence-electron chi connectivity index (χ4n) is 5.50. The topological polar surface area (TPSA) is 79.9 Å². The molecule has 2 aromatic carbocycles. The summed E-state index contributed by atoms with van der Waals surface area (Å²) in [5, 5.41) is 11.1. The first-order chi connectivity index (χ1) is 21.6. The van der Waals surface area contributed by atoms with E-state index < -0.39 is 0 Å². The van der Waals surface area contributed by atoms with Crippen molar-refractivity contribution < 1.29 is 9.36 Å². The summed E-state index contributed by atoms with van der Waals surface area (Å²) in [6, 6.07) is 21.1. The number of benzene rings is 2. The minimum absolute atomic E-state index is 0.0247. The second-order valence-corrected chi connectivity index (χ2v) is 11.7. The number of carbonyl (C=O) groups is 1. The molecule has 7 nitrogen and oxygen atoms in total. The van der Waals surface area contributed by atoms with Crippen molar-refractivity contribution in [2.45, 2.75) is 104 Å². The highest BCUT2D eigenvalue weighted by molar-refractivity contribution is 5.91. The normalized spacial score (nSPS) is 11.0. The van der Waals surface area contributed by atoms with Gasteiger partial charge in [0.05, 0.1) is 18.1 Å². The molecule has 0 bridgehead atoms. The van der Waals surface area contributed by atoms with Crippen molar-refractivity contribution in [2.75, 3.05) is 10.6 Å². The smallest absolute Gasteiger partial charge is 0.290 e. The van der Waals surface area contributed by atoms with E-state index in [1.54, 1.807) is 0 Å². The second-order valence-electron chi connectivity index (χ2n) is 11.7. The molecule has 7 heteroatoms. The Hall–Kier alpha value is -4.13. The van der Waals surface area contributed by atoms with Crippen molar-refractivity contribution in [1.82, 2.24) is 9.78 Å². The van der Waals surface area contributed by atoms with Crippen molar-refractivity contribution in [3.8, 4) is 11.4 Å². The Labute approximate surface area is 262 Å². The Kier molecular flexibility index (Phi) is 13.3. The SMILES string of the molecule is CCCCCCCCCCCCCC(=O)Nc1cccc(Nc2nn(-c3ccccc3)c(=O)[c-]2-[n+]2ccc(CCC)cc2)c1. The molecule has 0 saturated heterocycles. The van der Waals surface area contributed by atoms with Crippen molar-refractivity contribution in [3.05, 3.63) is 95.0 Å². The van der Waals surface area contributed by atoms with Gasteiger partial charge in [0.25, 0.3) is 5.56 Å². The highest BCUT2D eigenvalue weighted by Gasteiger charge is 2.19. The van der Waals surface area contributed by atoms with Crippen LogP contribution in [0, 0.1) is 0 Å². The summed E-state index contributed by atoms with van der Waals surface area (Å²) < 4.78 is 3.24. The first-order valence-electron chi connectivity index (χ1n) is 16.6. The van der Waals surface area contributed by atoms with Crippen molar-refractivity contribution >= 4 is 23.1 Å². The quantitative estimate of drug-likeness (QED) is 0.0647. The summed E-state index contributed by atoms with van der Waals surface area (Å²) in [6.45, 7) is 4.41. The third kappa shape index (κ3) is 9.97. The molecule has 0 aliphatic heterocycles. The van der Waals surface area contributed by atoms with Gasteiger partial charge in [-0.1, -0.05) is 126 Å². The molecular formula is C37H49N5O2. The molecule has 44 heavy (non-hydrogen) atoms. The predicted molar refractivity (Wildman–Crippen MR) is 180 cm³/mol. The van der Waals surface area contributed by atoms with E-state index in [4.69, 9.17) is 0 Å². The maximum Gasteiger partial charge on any atom is 0.290 e. The van der Waals surface area contributed by atoms with Crippen LogP contribution in [0.5, 0.6) is 0 Å². The van der Waals surface area contributed by atoms with Gasteiger partial charge in [0.15, 0.2) is 5.82 Å². The molecule has 0 unspecified atom stereocenters. The number of anilines is 3. The summed E-state index contributed by atoms with van der Waals surface area (Å²) in [6.07, 6.45) is 20.2. The van der Waals surface area contributed by atoms with E-state index in [0.717, 1.165) is 31.4 Å². The lowest BCUT2D eigenvalue weighted by Crippen LogP contribution is -2.36. The summed E-state index contributed by atoms with van der Waals surface area (Å²) >= 11 is 0. The molecular weight excluding hydrogens is 546 g/mol. The third-order valence-corrected chi connectivity index (χ3v) is 7.93. The van der Waals surface area contributed by atoms with E-state index in [2.05, 4.69) is 29.6 Å². The molecule has 0 aliphatic carbocycles. The molecule has 234 valence electrons. The van der Waals surface area contributed by atoms with Crippen LogP contribution in [0.4, 0.5) is 17.2 Å². The van der Waals surface area contributed by atoms with Gasteiger partial charge in [-0.05, 0) is 43.2 Å². The van der Waals surface area contributed by atoms with Crippen LogP contribution in [0.15, 0.2) is 83.9 Å². The monoisotopic (exact) mass is 595 g/mol. The highest BCUT2D eigenvalue weighted by Crippen LogP contribution is 2.22. The van der Waals surface area contributed by atoms with Gasteiger partial charge in [-0.3, -0.25) is 9.59 Å². The van der Waals surface area contributed by atoms with Gasteiger partial charge in [0.2, 0.25) is 11.6 Å². The fraction of sp³-hybridized carbons (Fsp3) is 0.432. The minimum Gasteiger partial charge on any atom is -0.344 e. The molecule has 2 heterocycles. The summed E-state index contributed by atoms with van der Waals surface area (Å²) in [4.78, 5) is 26.3. The summed E-state index contributed by atoms with van der Waals surface area (Å²) in [5.41, 5.74) is 3.58.